The maximum Gasteiger partial charge on any atom is 0.266 e. The van der Waals surface area contributed by atoms with Crippen molar-refractivity contribution in [3.63, 3.8) is 0 Å². The van der Waals surface area contributed by atoms with Crippen LogP contribution in [-0.4, -0.2) is 43.7 Å². The number of anilines is 1. The maximum absolute atomic E-state index is 12.4. The number of carbonyl (C=O) groups excluding carboxylic acids is 1. The van der Waals surface area contributed by atoms with Gasteiger partial charge in [0.2, 0.25) is 0 Å². The molecule has 4 rings (SSSR count). The van der Waals surface area contributed by atoms with Crippen molar-refractivity contribution in [1.29, 1.82) is 0 Å². The number of halogens is 1. The lowest BCUT2D eigenvalue weighted by atomic mass is 9.90. The van der Waals surface area contributed by atoms with Gasteiger partial charge in [-0.05, 0) is 74.2 Å². The molecule has 0 spiro atoms. The molecule has 2 heterocycles. The normalized spacial score (nSPS) is 20.2. The number of fused-ring (bicyclic) bond motifs is 1. The van der Waals surface area contributed by atoms with Crippen molar-refractivity contribution < 1.29 is 14.3 Å². The molecule has 1 saturated heterocycles. The molecule has 5 nitrogen and oxygen atoms in total. The van der Waals surface area contributed by atoms with Gasteiger partial charge in [0.25, 0.3) is 5.91 Å². The molecule has 0 aromatic heterocycles. The standard InChI is InChI=1S/C22H25BrN2O3/c1-27-17-6-7-18(23)16(13-17)12-15-8-10-25(11-9-15)14-21-22(26)24-19-4-2-3-5-20(19)28-21/h2-7,13,15,21H,8-12,14H2,1H3,(H,24,26). The summed E-state index contributed by atoms with van der Waals surface area (Å²) in [6.07, 6.45) is 2.83. The number of ether oxygens (including phenoxy) is 2. The second-order valence-corrected chi connectivity index (χ2v) is 8.35. The van der Waals surface area contributed by atoms with Gasteiger partial charge in [-0.15, -0.1) is 0 Å². The topological polar surface area (TPSA) is 50.8 Å². The largest absolute Gasteiger partial charge is 0.497 e. The molecule has 2 aliphatic heterocycles. The van der Waals surface area contributed by atoms with Crippen LogP contribution in [0.2, 0.25) is 0 Å². The van der Waals surface area contributed by atoms with Crippen LogP contribution in [0.1, 0.15) is 18.4 Å². The number of amides is 1. The molecular formula is C22H25BrN2O3. The summed E-state index contributed by atoms with van der Waals surface area (Å²) < 4.78 is 12.4. The Labute approximate surface area is 174 Å². The number of likely N-dealkylation sites (tertiary alicyclic amines) is 1. The number of hydrogen-bond acceptors (Lipinski definition) is 4. The molecule has 1 unspecified atom stereocenters. The summed E-state index contributed by atoms with van der Waals surface area (Å²) in [5.41, 5.74) is 2.05. The molecule has 0 saturated carbocycles. The highest BCUT2D eigenvalue weighted by Crippen LogP contribution is 2.31. The minimum absolute atomic E-state index is 0.0545. The van der Waals surface area contributed by atoms with E-state index in [1.54, 1.807) is 7.11 Å². The Bertz CT molecular complexity index is 849. The molecule has 28 heavy (non-hydrogen) atoms. The monoisotopic (exact) mass is 444 g/mol. The molecule has 6 heteroatoms. The van der Waals surface area contributed by atoms with Crippen LogP contribution >= 0.6 is 15.9 Å². The zero-order valence-electron chi connectivity index (χ0n) is 16.0. The van der Waals surface area contributed by atoms with E-state index in [0.29, 0.717) is 12.5 Å². The summed E-state index contributed by atoms with van der Waals surface area (Å²) in [5.74, 6) is 2.24. The molecule has 1 amide bonds. The first kappa shape index (κ1) is 19.3. The Morgan fingerprint density at radius 3 is 2.79 bits per heavy atom. The molecule has 2 aromatic carbocycles. The van der Waals surface area contributed by atoms with Crippen molar-refractivity contribution in [1.82, 2.24) is 4.90 Å². The molecule has 148 valence electrons. The van der Waals surface area contributed by atoms with E-state index >= 15 is 0 Å². The Kier molecular flexibility index (Phi) is 5.87. The highest BCUT2D eigenvalue weighted by molar-refractivity contribution is 9.10. The highest BCUT2D eigenvalue weighted by Gasteiger charge is 2.30. The fourth-order valence-electron chi connectivity index (χ4n) is 3.97. The third-order valence-electron chi connectivity index (χ3n) is 5.60. The molecule has 2 aromatic rings. The van der Waals surface area contributed by atoms with Crippen LogP contribution in [0.15, 0.2) is 46.9 Å². The van der Waals surface area contributed by atoms with Crippen molar-refractivity contribution in [2.75, 3.05) is 32.1 Å². The molecule has 0 radical (unpaired) electrons. The number of nitrogens with zero attached hydrogens (tertiary/aromatic N) is 1. The van der Waals surface area contributed by atoms with Crippen molar-refractivity contribution in [2.45, 2.75) is 25.4 Å². The van der Waals surface area contributed by atoms with Crippen LogP contribution in [0.4, 0.5) is 5.69 Å². The summed E-state index contributed by atoms with van der Waals surface area (Å²) >= 11 is 3.66. The van der Waals surface area contributed by atoms with Crippen molar-refractivity contribution >= 4 is 27.5 Å². The summed E-state index contributed by atoms with van der Waals surface area (Å²) in [6, 6.07) is 13.7. The lowest BCUT2D eigenvalue weighted by Crippen LogP contribution is -2.47. The molecule has 0 bridgehead atoms. The van der Waals surface area contributed by atoms with Gasteiger partial charge in [0.05, 0.1) is 12.8 Å². The fraction of sp³-hybridized carbons (Fsp3) is 0.409. The van der Waals surface area contributed by atoms with Crippen molar-refractivity contribution in [3.05, 3.63) is 52.5 Å². The van der Waals surface area contributed by atoms with E-state index in [2.05, 4.69) is 38.3 Å². The summed E-state index contributed by atoms with van der Waals surface area (Å²) in [6.45, 7) is 2.61. The van der Waals surface area contributed by atoms with E-state index in [1.807, 2.05) is 30.3 Å². The lowest BCUT2D eigenvalue weighted by Gasteiger charge is -2.35. The number of carbonyl (C=O) groups is 1. The number of piperidine rings is 1. The fourth-order valence-corrected chi connectivity index (χ4v) is 4.37. The first-order valence-electron chi connectivity index (χ1n) is 9.73. The molecule has 1 fully saturated rings. The van der Waals surface area contributed by atoms with Crippen LogP contribution < -0.4 is 14.8 Å². The van der Waals surface area contributed by atoms with Crippen molar-refractivity contribution in [2.24, 2.45) is 5.92 Å². The van der Waals surface area contributed by atoms with Crippen molar-refractivity contribution in [3.8, 4) is 11.5 Å². The van der Waals surface area contributed by atoms with Gasteiger partial charge in [0.15, 0.2) is 6.10 Å². The zero-order valence-corrected chi connectivity index (χ0v) is 17.6. The van der Waals surface area contributed by atoms with Gasteiger partial charge >= 0.3 is 0 Å². The Balaban J connectivity index is 1.31. The van der Waals surface area contributed by atoms with Gasteiger partial charge in [-0.25, -0.2) is 0 Å². The second-order valence-electron chi connectivity index (χ2n) is 7.50. The number of para-hydroxylation sites is 2. The minimum atomic E-state index is -0.445. The summed E-state index contributed by atoms with van der Waals surface area (Å²) in [5, 5.41) is 2.95. The predicted molar refractivity (Wildman–Crippen MR) is 113 cm³/mol. The van der Waals surface area contributed by atoms with E-state index < -0.39 is 6.10 Å². The molecular weight excluding hydrogens is 420 g/mol. The smallest absolute Gasteiger partial charge is 0.266 e. The van der Waals surface area contributed by atoms with Gasteiger partial charge in [0.1, 0.15) is 11.5 Å². The summed E-state index contributed by atoms with van der Waals surface area (Å²) in [4.78, 5) is 14.7. The maximum atomic E-state index is 12.4. The molecule has 0 aliphatic carbocycles. The quantitative estimate of drug-likeness (QED) is 0.753. The van der Waals surface area contributed by atoms with Gasteiger partial charge in [-0.2, -0.15) is 0 Å². The van der Waals surface area contributed by atoms with E-state index in [-0.39, 0.29) is 5.91 Å². The van der Waals surface area contributed by atoms with E-state index in [4.69, 9.17) is 9.47 Å². The van der Waals surface area contributed by atoms with Gasteiger partial charge in [0, 0.05) is 11.0 Å². The van der Waals surface area contributed by atoms with E-state index in [1.165, 1.54) is 5.56 Å². The van der Waals surface area contributed by atoms with E-state index in [9.17, 15) is 4.79 Å². The minimum Gasteiger partial charge on any atom is -0.497 e. The number of nitrogens with one attached hydrogen (secondary N) is 1. The van der Waals surface area contributed by atoms with Crippen LogP contribution in [0.5, 0.6) is 11.5 Å². The third-order valence-corrected chi connectivity index (χ3v) is 6.37. The number of methoxy groups -OCH3 is 1. The zero-order chi connectivity index (χ0) is 19.5. The summed E-state index contributed by atoms with van der Waals surface area (Å²) in [7, 11) is 1.70. The molecule has 2 aliphatic rings. The van der Waals surface area contributed by atoms with Crippen LogP contribution in [-0.2, 0) is 11.2 Å². The number of benzene rings is 2. The van der Waals surface area contributed by atoms with Gasteiger partial charge in [-0.1, -0.05) is 28.1 Å². The molecule has 1 atom stereocenters. The van der Waals surface area contributed by atoms with Crippen LogP contribution in [0, 0.1) is 5.92 Å². The molecule has 1 N–H and O–H groups in total. The number of hydrogen-bond donors (Lipinski definition) is 1. The Morgan fingerprint density at radius 2 is 2.00 bits per heavy atom. The number of rotatable bonds is 5. The van der Waals surface area contributed by atoms with Crippen LogP contribution in [0.25, 0.3) is 0 Å². The average molecular weight is 445 g/mol. The second kappa shape index (κ2) is 8.53. The average Bonchev–Trinajstić information content (AvgIpc) is 2.71. The SMILES string of the molecule is COc1ccc(Br)c(CC2CCN(CC3Oc4ccccc4NC3=O)CC2)c1. The van der Waals surface area contributed by atoms with Gasteiger partial charge < -0.3 is 14.8 Å². The van der Waals surface area contributed by atoms with Crippen LogP contribution in [0.3, 0.4) is 0 Å². The highest BCUT2D eigenvalue weighted by atomic mass is 79.9. The third kappa shape index (κ3) is 4.33. The van der Waals surface area contributed by atoms with Gasteiger partial charge in [-0.3, -0.25) is 9.69 Å². The lowest BCUT2D eigenvalue weighted by molar-refractivity contribution is -0.124. The Morgan fingerprint density at radius 1 is 1.21 bits per heavy atom. The Hall–Kier alpha value is -2.05. The first-order chi connectivity index (χ1) is 13.6. The predicted octanol–water partition coefficient (Wildman–Crippen LogP) is 4.11. The van der Waals surface area contributed by atoms with E-state index in [0.717, 1.165) is 54.0 Å². The first-order valence-corrected chi connectivity index (χ1v) is 10.5.